The van der Waals surface area contributed by atoms with Crippen molar-refractivity contribution in [3.8, 4) is 0 Å². The van der Waals surface area contributed by atoms with Crippen molar-refractivity contribution >= 4 is 17.9 Å². The summed E-state index contributed by atoms with van der Waals surface area (Å²) in [6.45, 7) is 5.42. The molecule has 6 nitrogen and oxygen atoms in total. The van der Waals surface area contributed by atoms with E-state index in [1.54, 1.807) is 0 Å². The van der Waals surface area contributed by atoms with Gasteiger partial charge in [0, 0.05) is 6.08 Å². The molecule has 2 unspecified atom stereocenters. The fourth-order valence-electron chi connectivity index (χ4n) is 2.18. The summed E-state index contributed by atoms with van der Waals surface area (Å²) in [6.07, 6.45) is 4.41. The second kappa shape index (κ2) is 8.35. The number of hydrogen-bond acceptors (Lipinski definition) is 6. The molecular formula is C14H20O6. The molecule has 0 aliphatic heterocycles. The van der Waals surface area contributed by atoms with Crippen LogP contribution in [0.25, 0.3) is 0 Å². The fourth-order valence-corrected chi connectivity index (χ4v) is 2.18. The van der Waals surface area contributed by atoms with Crippen molar-refractivity contribution in [2.75, 3.05) is 6.61 Å². The van der Waals surface area contributed by atoms with E-state index in [9.17, 15) is 14.4 Å². The zero-order chi connectivity index (χ0) is 15.0. The highest BCUT2D eigenvalue weighted by Crippen LogP contribution is 2.32. The van der Waals surface area contributed by atoms with Crippen molar-refractivity contribution in [2.24, 2.45) is 11.8 Å². The Hall–Kier alpha value is -1.85. The molecule has 112 valence electrons. The maximum atomic E-state index is 11.9. The van der Waals surface area contributed by atoms with Gasteiger partial charge >= 0.3 is 17.9 Å². The van der Waals surface area contributed by atoms with Gasteiger partial charge in [-0.2, -0.15) is 0 Å². The predicted molar refractivity (Wildman–Crippen MR) is 69.1 cm³/mol. The summed E-state index contributed by atoms with van der Waals surface area (Å²) in [4.78, 5) is 43.3. The number of carbonyl (C=O) groups is 3. The molecule has 1 aliphatic carbocycles. The van der Waals surface area contributed by atoms with E-state index >= 15 is 0 Å². The van der Waals surface area contributed by atoms with Gasteiger partial charge < -0.3 is 4.74 Å². The van der Waals surface area contributed by atoms with Crippen LogP contribution in [-0.2, 0) is 28.9 Å². The molecule has 2 atom stereocenters. The van der Waals surface area contributed by atoms with Crippen LogP contribution in [0.15, 0.2) is 12.7 Å². The lowest BCUT2D eigenvalue weighted by Crippen LogP contribution is -2.35. The first kappa shape index (κ1) is 16.2. The maximum Gasteiger partial charge on any atom is 0.378 e. The van der Waals surface area contributed by atoms with Gasteiger partial charge in [0.2, 0.25) is 0 Å². The molecule has 0 aromatic heterocycles. The van der Waals surface area contributed by atoms with Crippen LogP contribution < -0.4 is 0 Å². The van der Waals surface area contributed by atoms with Crippen LogP contribution in [-0.4, -0.2) is 24.5 Å². The minimum absolute atomic E-state index is 0.336. The Balaban J connectivity index is 2.58. The summed E-state index contributed by atoms with van der Waals surface area (Å²) in [5, 5.41) is 0. The Kier molecular flexibility index (Phi) is 6.76. The van der Waals surface area contributed by atoms with Crippen molar-refractivity contribution in [2.45, 2.75) is 39.0 Å². The van der Waals surface area contributed by atoms with Crippen molar-refractivity contribution in [3.05, 3.63) is 12.7 Å². The summed E-state index contributed by atoms with van der Waals surface area (Å²) in [6, 6.07) is 0. The van der Waals surface area contributed by atoms with Crippen LogP contribution >= 0.6 is 0 Å². The van der Waals surface area contributed by atoms with Gasteiger partial charge in [0.15, 0.2) is 0 Å². The van der Waals surface area contributed by atoms with Gasteiger partial charge in [-0.25, -0.2) is 19.4 Å². The molecule has 6 heteroatoms. The second-order valence-corrected chi connectivity index (χ2v) is 4.67. The zero-order valence-electron chi connectivity index (χ0n) is 11.6. The van der Waals surface area contributed by atoms with Gasteiger partial charge in [-0.3, -0.25) is 4.79 Å². The molecule has 0 N–H and O–H groups in total. The van der Waals surface area contributed by atoms with E-state index in [4.69, 9.17) is 4.74 Å². The van der Waals surface area contributed by atoms with Gasteiger partial charge in [0.25, 0.3) is 0 Å². The maximum absolute atomic E-state index is 11.9. The van der Waals surface area contributed by atoms with E-state index in [1.165, 1.54) is 0 Å². The molecule has 20 heavy (non-hydrogen) atoms. The zero-order valence-corrected chi connectivity index (χ0v) is 11.6. The molecule has 0 radical (unpaired) electrons. The number of carbonyl (C=O) groups excluding carboxylic acids is 3. The Morgan fingerprint density at radius 1 is 1.10 bits per heavy atom. The van der Waals surface area contributed by atoms with E-state index < -0.39 is 23.8 Å². The van der Waals surface area contributed by atoms with Crippen molar-refractivity contribution in [1.82, 2.24) is 0 Å². The van der Waals surface area contributed by atoms with Crippen molar-refractivity contribution in [1.29, 1.82) is 0 Å². The van der Waals surface area contributed by atoms with E-state index in [0.29, 0.717) is 19.4 Å². The molecule has 0 aromatic rings. The second-order valence-electron chi connectivity index (χ2n) is 4.67. The van der Waals surface area contributed by atoms with Gasteiger partial charge in [0.1, 0.15) is 0 Å². The fraction of sp³-hybridized carbons (Fsp3) is 0.643. The largest absolute Gasteiger partial charge is 0.465 e. The Morgan fingerprint density at radius 3 is 2.25 bits per heavy atom. The predicted octanol–water partition coefficient (Wildman–Crippen LogP) is 1.93. The standard InChI is InChI=1S/C14H20O6/c1-3-9-18-13(16)10-7-5-6-8-11(10)14(17)20-19-12(15)4-2/h4,10-11H,2-3,5-9H2,1H3. The number of ether oxygens (including phenoxy) is 1. The average molecular weight is 284 g/mol. The summed E-state index contributed by atoms with van der Waals surface area (Å²) < 4.78 is 5.09. The normalized spacial score (nSPS) is 21.6. The summed E-state index contributed by atoms with van der Waals surface area (Å²) in [7, 11) is 0. The molecule has 1 rings (SSSR count). The molecule has 1 aliphatic rings. The van der Waals surface area contributed by atoms with E-state index in [2.05, 4.69) is 16.4 Å². The lowest BCUT2D eigenvalue weighted by molar-refractivity contribution is -0.260. The monoisotopic (exact) mass is 284 g/mol. The van der Waals surface area contributed by atoms with E-state index in [1.807, 2.05) is 6.92 Å². The molecule has 0 aromatic carbocycles. The van der Waals surface area contributed by atoms with E-state index in [-0.39, 0.29) is 5.97 Å². The third-order valence-corrected chi connectivity index (χ3v) is 3.19. The quantitative estimate of drug-likeness (QED) is 0.332. The SMILES string of the molecule is C=CC(=O)OOC(=O)C1CCCCC1C(=O)OCCC. The van der Waals surface area contributed by atoms with E-state index in [0.717, 1.165) is 25.3 Å². The number of hydrogen-bond donors (Lipinski definition) is 0. The summed E-state index contributed by atoms with van der Waals surface area (Å²) in [5.41, 5.74) is 0. The van der Waals surface area contributed by atoms with Crippen molar-refractivity contribution < 1.29 is 28.9 Å². The molecule has 1 fully saturated rings. The third kappa shape index (κ3) is 4.68. The molecule has 0 saturated heterocycles. The number of esters is 1. The highest BCUT2D eigenvalue weighted by Gasteiger charge is 2.38. The van der Waals surface area contributed by atoms with Gasteiger partial charge in [-0.1, -0.05) is 26.3 Å². The highest BCUT2D eigenvalue weighted by atomic mass is 17.2. The van der Waals surface area contributed by atoms with Crippen LogP contribution in [0.3, 0.4) is 0 Å². The van der Waals surface area contributed by atoms with Crippen molar-refractivity contribution in [3.63, 3.8) is 0 Å². The van der Waals surface area contributed by atoms with Gasteiger partial charge in [0.05, 0.1) is 18.4 Å². The number of rotatable bonds is 5. The Bertz CT molecular complexity index is 376. The average Bonchev–Trinajstić information content (AvgIpc) is 2.49. The first-order chi connectivity index (χ1) is 9.60. The summed E-state index contributed by atoms with van der Waals surface area (Å²) in [5.74, 6) is -3.09. The van der Waals surface area contributed by atoms with Crippen LogP contribution in [0.5, 0.6) is 0 Å². The summed E-state index contributed by atoms with van der Waals surface area (Å²) >= 11 is 0. The van der Waals surface area contributed by atoms with Gasteiger partial charge in [-0.05, 0) is 19.3 Å². The van der Waals surface area contributed by atoms with Crippen LogP contribution in [0.4, 0.5) is 0 Å². The highest BCUT2D eigenvalue weighted by molar-refractivity contribution is 5.84. The smallest absolute Gasteiger partial charge is 0.378 e. The first-order valence-corrected chi connectivity index (χ1v) is 6.81. The topological polar surface area (TPSA) is 78.9 Å². The molecule has 0 spiro atoms. The molecule has 1 saturated carbocycles. The lowest BCUT2D eigenvalue weighted by atomic mass is 9.79. The molecule has 0 amide bonds. The first-order valence-electron chi connectivity index (χ1n) is 6.81. The lowest BCUT2D eigenvalue weighted by Gasteiger charge is -2.27. The third-order valence-electron chi connectivity index (χ3n) is 3.19. The minimum atomic E-state index is -0.848. The Labute approximate surface area is 118 Å². The Morgan fingerprint density at radius 2 is 1.70 bits per heavy atom. The van der Waals surface area contributed by atoms with Crippen LogP contribution in [0.1, 0.15) is 39.0 Å². The molecule has 0 bridgehead atoms. The van der Waals surface area contributed by atoms with Crippen LogP contribution in [0, 0.1) is 11.8 Å². The molecular weight excluding hydrogens is 264 g/mol. The van der Waals surface area contributed by atoms with Crippen LogP contribution in [0.2, 0.25) is 0 Å². The molecule has 0 heterocycles. The minimum Gasteiger partial charge on any atom is -0.465 e. The van der Waals surface area contributed by atoms with Gasteiger partial charge in [-0.15, -0.1) is 0 Å².